The Labute approximate surface area is 157 Å². The fourth-order valence-electron chi connectivity index (χ4n) is 3.16. The van der Waals surface area contributed by atoms with E-state index in [0.29, 0.717) is 6.61 Å². The van der Waals surface area contributed by atoms with Crippen molar-refractivity contribution in [1.29, 1.82) is 0 Å². The number of hydrogen-bond donors (Lipinski definition) is 1. The Hall–Kier alpha value is -1.95. The maximum absolute atomic E-state index is 5.99. The lowest BCUT2D eigenvalue weighted by Crippen LogP contribution is -2.45. The largest absolute Gasteiger partial charge is 0.489 e. The van der Waals surface area contributed by atoms with E-state index in [2.05, 4.69) is 39.3 Å². The fourth-order valence-corrected chi connectivity index (χ4v) is 3.16. The van der Waals surface area contributed by atoms with Crippen LogP contribution in [-0.4, -0.2) is 61.1 Å². The standard InChI is InChI=1S/C21H30N4O/c1-24-12-14-25(15-13-24)11-5-10-23-17-20-7-2-3-8-21(20)26-18-19-6-4-9-22-16-19/h2-4,6-9,16,23H,5,10-15,17-18H2,1H3. The Kier molecular flexibility index (Phi) is 7.43. The van der Waals surface area contributed by atoms with Crippen molar-refractivity contribution >= 4 is 0 Å². The first-order chi connectivity index (χ1) is 12.8. The van der Waals surface area contributed by atoms with Gasteiger partial charge in [0.2, 0.25) is 0 Å². The van der Waals surface area contributed by atoms with Crippen molar-refractivity contribution in [2.24, 2.45) is 0 Å². The van der Waals surface area contributed by atoms with Crippen molar-refractivity contribution in [1.82, 2.24) is 20.1 Å². The molecule has 0 spiro atoms. The summed E-state index contributed by atoms with van der Waals surface area (Å²) < 4.78 is 5.99. The second-order valence-corrected chi connectivity index (χ2v) is 6.93. The predicted molar refractivity (Wildman–Crippen MR) is 105 cm³/mol. The van der Waals surface area contributed by atoms with E-state index in [4.69, 9.17) is 4.74 Å². The smallest absolute Gasteiger partial charge is 0.124 e. The van der Waals surface area contributed by atoms with Crippen LogP contribution in [0.25, 0.3) is 0 Å². The lowest BCUT2D eigenvalue weighted by atomic mass is 10.2. The van der Waals surface area contributed by atoms with Crippen molar-refractivity contribution in [2.75, 3.05) is 46.3 Å². The zero-order valence-electron chi connectivity index (χ0n) is 15.7. The van der Waals surface area contributed by atoms with Gasteiger partial charge in [0.1, 0.15) is 12.4 Å². The van der Waals surface area contributed by atoms with Crippen LogP contribution in [0.5, 0.6) is 5.75 Å². The number of likely N-dealkylation sites (N-methyl/N-ethyl adjacent to an activating group) is 1. The number of benzene rings is 1. The lowest BCUT2D eigenvalue weighted by molar-refractivity contribution is 0.152. The number of nitrogens with one attached hydrogen (secondary N) is 1. The first-order valence-corrected chi connectivity index (χ1v) is 9.52. The molecule has 0 bridgehead atoms. The van der Waals surface area contributed by atoms with Crippen LogP contribution < -0.4 is 10.1 Å². The van der Waals surface area contributed by atoms with Crippen LogP contribution in [-0.2, 0) is 13.2 Å². The fraction of sp³-hybridized carbons (Fsp3) is 0.476. The van der Waals surface area contributed by atoms with E-state index < -0.39 is 0 Å². The third-order valence-corrected chi connectivity index (χ3v) is 4.83. The molecule has 26 heavy (non-hydrogen) atoms. The monoisotopic (exact) mass is 354 g/mol. The van der Waals surface area contributed by atoms with Gasteiger partial charge in [-0.3, -0.25) is 4.98 Å². The Bertz CT molecular complexity index is 641. The number of para-hydroxylation sites is 1. The predicted octanol–water partition coefficient (Wildman–Crippen LogP) is 2.39. The van der Waals surface area contributed by atoms with E-state index in [-0.39, 0.29) is 0 Å². The minimum absolute atomic E-state index is 0.550. The number of hydrogen-bond acceptors (Lipinski definition) is 5. The van der Waals surface area contributed by atoms with Gasteiger partial charge in [-0.1, -0.05) is 24.3 Å². The van der Waals surface area contributed by atoms with Crippen LogP contribution in [0.3, 0.4) is 0 Å². The SMILES string of the molecule is CN1CCN(CCCNCc2ccccc2OCc2cccnc2)CC1. The van der Waals surface area contributed by atoms with Gasteiger partial charge >= 0.3 is 0 Å². The summed E-state index contributed by atoms with van der Waals surface area (Å²) in [4.78, 5) is 9.10. The molecule has 1 fully saturated rings. The van der Waals surface area contributed by atoms with Gasteiger partial charge in [0, 0.05) is 56.2 Å². The van der Waals surface area contributed by atoms with Crippen LogP contribution >= 0.6 is 0 Å². The maximum atomic E-state index is 5.99. The van der Waals surface area contributed by atoms with Gasteiger partial charge in [-0.25, -0.2) is 0 Å². The summed E-state index contributed by atoms with van der Waals surface area (Å²) >= 11 is 0. The molecule has 3 rings (SSSR count). The van der Waals surface area contributed by atoms with Gasteiger partial charge in [-0.05, 0) is 38.7 Å². The molecule has 1 aliphatic rings. The number of ether oxygens (including phenoxy) is 1. The van der Waals surface area contributed by atoms with E-state index in [1.165, 1.54) is 44.7 Å². The molecule has 5 nitrogen and oxygen atoms in total. The maximum Gasteiger partial charge on any atom is 0.124 e. The van der Waals surface area contributed by atoms with Gasteiger partial charge < -0.3 is 19.9 Å². The molecular formula is C21H30N4O. The minimum Gasteiger partial charge on any atom is -0.489 e. The second kappa shape index (κ2) is 10.3. The molecule has 0 radical (unpaired) electrons. The first-order valence-electron chi connectivity index (χ1n) is 9.52. The van der Waals surface area contributed by atoms with Crippen molar-refractivity contribution in [3.63, 3.8) is 0 Å². The molecule has 0 aliphatic carbocycles. The summed E-state index contributed by atoms with van der Waals surface area (Å²) in [5, 5.41) is 3.56. The number of rotatable bonds is 9. The molecule has 1 aromatic heterocycles. The zero-order chi connectivity index (χ0) is 18.0. The van der Waals surface area contributed by atoms with E-state index >= 15 is 0 Å². The van der Waals surface area contributed by atoms with E-state index in [0.717, 1.165) is 24.4 Å². The summed E-state index contributed by atoms with van der Waals surface area (Å²) in [6, 6.07) is 12.2. The normalized spacial score (nSPS) is 15.9. The molecule has 1 saturated heterocycles. The van der Waals surface area contributed by atoms with Gasteiger partial charge in [0.25, 0.3) is 0 Å². The average Bonchev–Trinajstić information content (AvgIpc) is 2.69. The molecule has 5 heteroatoms. The average molecular weight is 354 g/mol. The Morgan fingerprint density at radius 3 is 2.73 bits per heavy atom. The molecule has 1 aliphatic heterocycles. The van der Waals surface area contributed by atoms with Crippen molar-refractivity contribution < 1.29 is 4.74 Å². The number of nitrogens with zero attached hydrogens (tertiary/aromatic N) is 3. The second-order valence-electron chi connectivity index (χ2n) is 6.93. The highest BCUT2D eigenvalue weighted by Gasteiger charge is 2.12. The lowest BCUT2D eigenvalue weighted by Gasteiger charge is -2.32. The molecule has 140 valence electrons. The van der Waals surface area contributed by atoms with Crippen molar-refractivity contribution in [2.45, 2.75) is 19.6 Å². The highest BCUT2D eigenvalue weighted by molar-refractivity contribution is 5.33. The summed E-state index contributed by atoms with van der Waals surface area (Å²) in [5.41, 5.74) is 2.29. The Balaban J connectivity index is 1.38. The molecule has 0 saturated carbocycles. The number of piperazine rings is 1. The summed E-state index contributed by atoms with van der Waals surface area (Å²) in [6.07, 6.45) is 4.81. The molecule has 0 unspecified atom stereocenters. The topological polar surface area (TPSA) is 40.6 Å². The van der Waals surface area contributed by atoms with Crippen LogP contribution in [0.4, 0.5) is 0 Å². The third kappa shape index (κ3) is 6.09. The molecule has 0 amide bonds. The molecule has 2 aromatic rings. The zero-order valence-corrected chi connectivity index (χ0v) is 15.7. The van der Waals surface area contributed by atoms with Gasteiger partial charge in [0.05, 0.1) is 0 Å². The Morgan fingerprint density at radius 1 is 1.08 bits per heavy atom. The molecular weight excluding hydrogens is 324 g/mol. The van der Waals surface area contributed by atoms with Crippen LogP contribution in [0, 0.1) is 0 Å². The van der Waals surface area contributed by atoms with Crippen molar-refractivity contribution in [3.8, 4) is 5.75 Å². The summed E-state index contributed by atoms with van der Waals surface area (Å²) in [7, 11) is 2.20. The quantitative estimate of drug-likeness (QED) is 0.700. The van der Waals surface area contributed by atoms with E-state index in [1.807, 2.05) is 30.5 Å². The number of pyridine rings is 1. The van der Waals surface area contributed by atoms with Crippen LogP contribution in [0.1, 0.15) is 17.5 Å². The summed E-state index contributed by atoms with van der Waals surface area (Å²) in [5.74, 6) is 0.947. The molecule has 2 heterocycles. The highest BCUT2D eigenvalue weighted by Crippen LogP contribution is 2.19. The van der Waals surface area contributed by atoms with Crippen LogP contribution in [0.2, 0.25) is 0 Å². The van der Waals surface area contributed by atoms with Crippen LogP contribution in [0.15, 0.2) is 48.8 Å². The Morgan fingerprint density at radius 2 is 1.92 bits per heavy atom. The van der Waals surface area contributed by atoms with E-state index in [1.54, 1.807) is 6.20 Å². The highest BCUT2D eigenvalue weighted by atomic mass is 16.5. The van der Waals surface area contributed by atoms with Gasteiger partial charge in [-0.15, -0.1) is 0 Å². The minimum atomic E-state index is 0.550. The van der Waals surface area contributed by atoms with E-state index in [9.17, 15) is 0 Å². The first kappa shape index (κ1) is 18.8. The van der Waals surface area contributed by atoms with Crippen molar-refractivity contribution in [3.05, 3.63) is 59.9 Å². The third-order valence-electron chi connectivity index (χ3n) is 4.83. The molecule has 0 atom stereocenters. The summed E-state index contributed by atoms with van der Waals surface area (Å²) in [6.45, 7) is 8.37. The van der Waals surface area contributed by atoms with Gasteiger partial charge in [-0.2, -0.15) is 0 Å². The molecule has 1 aromatic carbocycles. The van der Waals surface area contributed by atoms with Gasteiger partial charge in [0.15, 0.2) is 0 Å². The number of aromatic nitrogens is 1. The molecule has 1 N–H and O–H groups in total.